The van der Waals surface area contributed by atoms with Crippen LogP contribution < -0.4 is 0 Å². The number of rotatable bonds is 3. The Balaban J connectivity index is -0.000000147. The van der Waals surface area contributed by atoms with Crippen LogP contribution in [0.3, 0.4) is 0 Å². The topological polar surface area (TPSA) is 63.6 Å². The van der Waals surface area contributed by atoms with E-state index >= 15 is 0 Å². The molecule has 0 amide bonds. The zero-order valence-electron chi connectivity index (χ0n) is 8.61. The molecular weight excluding hydrogens is 220 g/mol. The number of hydrogen-bond acceptors (Lipinski definition) is 3. The smallest absolute Gasteiger partial charge is 0.327 e. The van der Waals surface area contributed by atoms with Crippen LogP contribution in [0.5, 0.6) is 0 Å². The van der Waals surface area contributed by atoms with E-state index in [1.807, 2.05) is 0 Å². The fraction of sp³-hybridized carbons (Fsp3) is 0.200. The van der Waals surface area contributed by atoms with Crippen LogP contribution in [0.4, 0.5) is 0 Å². The van der Waals surface area contributed by atoms with Gasteiger partial charge in [0, 0.05) is 18.9 Å². The van der Waals surface area contributed by atoms with Gasteiger partial charge in [-0.25, -0.2) is 4.79 Å². The van der Waals surface area contributed by atoms with Crippen molar-refractivity contribution < 1.29 is 19.4 Å². The monoisotopic (exact) mass is 234 g/mol. The summed E-state index contributed by atoms with van der Waals surface area (Å²) in [5.41, 5.74) is 0. The Labute approximate surface area is 94.5 Å². The van der Waals surface area contributed by atoms with Crippen LogP contribution in [0.25, 0.3) is 0 Å². The van der Waals surface area contributed by atoms with Crippen LogP contribution in [0, 0.1) is 0 Å². The Bertz CT molecular complexity index is 211. The molecule has 5 heteroatoms. The quantitative estimate of drug-likeness (QED) is 0.268. The van der Waals surface area contributed by atoms with E-state index in [4.69, 9.17) is 16.7 Å². The van der Waals surface area contributed by atoms with Crippen LogP contribution in [0.2, 0.25) is 0 Å². The van der Waals surface area contributed by atoms with Crippen LogP contribution in [0.1, 0.15) is 6.92 Å². The molecule has 0 aromatic carbocycles. The number of ether oxygens (including phenoxy) is 1. The van der Waals surface area contributed by atoms with Crippen LogP contribution in [0.15, 0.2) is 38.2 Å². The van der Waals surface area contributed by atoms with Gasteiger partial charge < -0.3 is 9.84 Å². The van der Waals surface area contributed by atoms with E-state index in [2.05, 4.69) is 24.5 Å². The summed E-state index contributed by atoms with van der Waals surface area (Å²) >= 11 is 5.07. The number of carbonyl (C=O) groups is 2. The number of hydrogen-bond donors (Lipinski definition) is 1. The minimum atomic E-state index is -0.981. The summed E-state index contributed by atoms with van der Waals surface area (Å²) in [6.07, 6.45) is 3.57. The first-order valence-electron chi connectivity index (χ1n) is 3.76. The molecule has 0 bridgehead atoms. The van der Waals surface area contributed by atoms with Crippen LogP contribution in [-0.2, 0) is 14.3 Å². The Morgan fingerprint density at radius 1 is 1.40 bits per heavy atom. The Kier molecular flexibility index (Phi) is 23.3. The minimum Gasteiger partial charge on any atom is -0.478 e. The van der Waals surface area contributed by atoms with Gasteiger partial charge in [0.05, 0.1) is 6.26 Å². The lowest BCUT2D eigenvalue weighted by Gasteiger charge is -1.83. The van der Waals surface area contributed by atoms with Gasteiger partial charge in [-0.3, -0.25) is 4.79 Å². The van der Waals surface area contributed by atoms with Gasteiger partial charge in [0.2, 0.25) is 0 Å². The number of carboxylic acid groups (broad SMARTS) is 1. The molecule has 0 aromatic heterocycles. The minimum absolute atomic E-state index is 0.329. The van der Waals surface area contributed by atoms with Gasteiger partial charge in [-0.05, 0) is 0 Å². The molecule has 0 rings (SSSR count). The van der Waals surface area contributed by atoms with Gasteiger partial charge in [0.15, 0.2) is 0 Å². The summed E-state index contributed by atoms with van der Waals surface area (Å²) in [7, 11) is 0. The van der Waals surface area contributed by atoms with Gasteiger partial charge >= 0.3 is 11.9 Å². The molecule has 0 spiro atoms. The molecule has 0 fully saturated rings. The number of halogens is 1. The SMILES string of the molecule is C=CC(=O)O.C=CCCl.C=COC(C)=O. The van der Waals surface area contributed by atoms with E-state index in [-0.39, 0.29) is 5.97 Å². The highest BCUT2D eigenvalue weighted by atomic mass is 35.5. The maximum Gasteiger partial charge on any atom is 0.327 e. The van der Waals surface area contributed by atoms with Crippen LogP contribution >= 0.6 is 11.6 Å². The predicted octanol–water partition coefficient (Wildman–Crippen LogP) is 2.36. The first-order valence-corrected chi connectivity index (χ1v) is 4.30. The molecule has 0 heterocycles. The number of carbonyl (C=O) groups excluding carboxylic acids is 1. The highest BCUT2D eigenvalue weighted by Crippen LogP contribution is 1.70. The van der Waals surface area contributed by atoms with Gasteiger partial charge in [-0.1, -0.05) is 19.2 Å². The third-order valence-electron chi connectivity index (χ3n) is 0.533. The van der Waals surface area contributed by atoms with Gasteiger partial charge in [0.25, 0.3) is 0 Å². The molecule has 0 unspecified atom stereocenters. The zero-order valence-corrected chi connectivity index (χ0v) is 9.37. The third-order valence-corrected chi connectivity index (χ3v) is 0.751. The van der Waals surface area contributed by atoms with E-state index in [1.54, 1.807) is 6.08 Å². The molecule has 4 nitrogen and oxygen atoms in total. The fourth-order valence-electron chi connectivity index (χ4n) is 0.117. The normalized spacial score (nSPS) is 6.53. The fourth-order valence-corrected chi connectivity index (χ4v) is 0.117. The van der Waals surface area contributed by atoms with Crippen LogP contribution in [-0.4, -0.2) is 22.9 Å². The Hall–Kier alpha value is -1.55. The van der Waals surface area contributed by atoms with Crippen molar-refractivity contribution in [1.82, 2.24) is 0 Å². The number of aliphatic carboxylic acids is 1. The van der Waals surface area contributed by atoms with Gasteiger partial charge in [-0.2, -0.15) is 0 Å². The number of esters is 1. The zero-order chi connectivity index (χ0) is 12.7. The molecule has 0 atom stereocenters. The molecule has 0 saturated heterocycles. The van der Waals surface area contributed by atoms with E-state index in [9.17, 15) is 9.59 Å². The summed E-state index contributed by atoms with van der Waals surface area (Å²) in [6.45, 7) is 10.8. The van der Waals surface area contributed by atoms with Crippen molar-refractivity contribution in [1.29, 1.82) is 0 Å². The van der Waals surface area contributed by atoms with E-state index in [0.717, 1.165) is 12.3 Å². The molecule has 0 radical (unpaired) electrons. The molecule has 0 aliphatic heterocycles. The lowest BCUT2D eigenvalue weighted by molar-refractivity contribution is -0.135. The average Bonchev–Trinajstić information content (AvgIpc) is 2.19. The molecule has 0 aliphatic carbocycles. The number of alkyl halides is 1. The van der Waals surface area contributed by atoms with Gasteiger partial charge in [-0.15, -0.1) is 18.2 Å². The summed E-state index contributed by atoms with van der Waals surface area (Å²) in [6, 6.07) is 0. The van der Waals surface area contributed by atoms with E-state index < -0.39 is 5.97 Å². The second-order valence-electron chi connectivity index (χ2n) is 1.76. The number of carboxylic acids is 1. The van der Waals surface area contributed by atoms with Crippen molar-refractivity contribution in [2.75, 3.05) is 5.88 Å². The highest BCUT2D eigenvalue weighted by molar-refractivity contribution is 6.18. The molecule has 86 valence electrons. The van der Waals surface area contributed by atoms with Gasteiger partial charge in [0.1, 0.15) is 0 Å². The van der Waals surface area contributed by atoms with Crippen molar-refractivity contribution in [2.45, 2.75) is 6.92 Å². The maximum absolute atomic E-state index is 9.75. The molecule has 0 aliphatic rings. The Morgan fingerprint density at radius 2 is 1.73 bits per heavy atom. The second-order valence-corrected chi connectivity index (χ2v) is 2.07. The van der Waals surface area contributed by atoms with Crippen molar-refractivity contribution in [2.24, 2.45) is 0 Å². The Morgan fingerprint density at radius 3 is 1.73 bits per heavy atom. The second kappa shape index (κ2) is 18.3. The first kappa shape index (κ1) is 19.1. The largest absolute Gasteiger partial charge is 0.478 e. The summed E-state index contributed by atoms with van der Waals surface area (Å²) in [4.78, 5) is 19.0. The molecule has 0 saturated carbocycles. The number of allylic oxidation sites excluding steroid dienone is 1. The van der Waals surface area contributed by atoms with Crippen molar-refractivity contribution in [3.63, 3.8) is 0 Å². The maximum atomic E-state index is 9.75. The van der Waals surface area contributed by atoms with Crippen molar-refractivity contribution in [3.05, 3.63) is 38.2 Å². The first-order chi connectivity index (χ1) is 6.95. The van der Waals surface area contributed by atoms with Crippen molar-refractivity contribution >= 4 is 23.5 Å². The average molecular weight is 235 g/mol. The molecule has 0 aromatic rings. The molecular formula is C10H15ClO4. The predicted molar refractivity (Wildman–Crippen MR) is 60.7 cm³/mol. The molecule has 1 N–H and O–H groups in total. The van der Waals surface area contributed by atoms with E-state index in [0.29, 0.717) is 5.88 Å². The lowest BCUT2D eigenvalue weighted by atomic mass is 10.7. The third kappa shape index (κ3) is 68.7. The standard InChI is InChI=1S/C4H6O2.C3H5Cl.C3H4O2/c1-3-6-4(2)5;1-2-3-4;1-2-3(4)5/h3H,1H2,2H3;2H,1,3H2;2H,1H2,(H,4,5). The summed E-state index contributed by atoms with van der Waals surface area (Å²) in [5.74, 6) is -0.755. The summed E-state index contributed by atoms with van der Waals surface area (Å²) in [5, 5.41) is 7.60. The van der Waals surface area contributed by atoms with E-state index in [1.165, 1.54) is 6.92 Å². The molecule has 15 heavy (non-hydrogen) atoms. The van der Waals surface area contributed by atoms with Crippen molar-refractivity contribution in [3.8, 4) is 0 Å². The summed E-state index contributed by atoms with van der Waals surface area (Å²) < 4.78 is 4.17. The highest BCUT2D eigenvalue weighted by Gasteiger charge is 1.79. The lowest BCUT2D eigenvalue weighted by Crippen LogP contribution is -1.87.